The van der Waals surface area contributed by atoms with Crippen molar-refractivity contribution in [1.82, 2.24) is 9.97 Å². The number of fused-ring (bicyclic) bond motifs is 1. The van der Waals surface area contributed by atoms with Crippen molar-refractivity contribution < 1.29 is 4.79 Å². The van der Waals surface area contributed by atoms with E-state index in [2.05, 4.69) is 51.9 Å². The molecular formula is C24H24N4O. The summed E-state index contributed by atoms with van der Waals surface area (Å²) in [4.78, 5) is 20.1. The molecule has 4 rings (SSSR count). The van der Waals surface area contributed by atoms with Gasteiger partial charge in [0, 0.05) is 35.5 Å². The average molecular weight is 384 g/mol. The molecule has 2 aromatic carbocycles. The van der Waals surface area contributed by atoms with Crippen LogP contribution in [0.4, 0.5) is 11.5 Å². The van der Waals surface area contributed by atoms with Crippen molar-refractivity contribution in [2.24, 2.45) is 0 Å². The van der Waals surface area contributed by atoms with Crippen molar-refractivity contribution in [2.45, 2.75) is 20.3 Å². The molecule has 5 nitrogen and oxygen atoms in total. The third-order valence-electron chi connectivity index (χ3n) is 5.17. The minimum absolute atomic E-state index is 0.161. The number of aromatic nitrogens is 2. The number of hydrogen-bond donors (Lipinski definition) is 3. The Morgan fingerprint density at radius 3 is 2.69 bits per heavy atom. The number of amides is 1. The lowest BCUT2D eigenvalue weighted by molar-refractivity contribution is 0.102. The summed E-state index contributed by atoms with van der Waals surface area (Å²) in [5.41, 5.74) is 6.10. The molecule has 0 saturated carbocycles. The van der Waals surface area contributed by atoms with Gasteiger partial charge in [-0.1, -0.05) is 24.3 Å². The highest BCUT2D eigenvalue weighted by Crippen LogP contribution is 2.18. The van der Waals surface area contributed by atoms with E-state index in [0.717, 1.165) is 35.6 Å². The number of H-pyrrole nitrogens is 1. The first-order valence-electron chi connectivity index (χ1n) is 9.74. The highest BCUT2D eigenvalue weighted by atomic mass is 16.1. The fourth-order valence-corrected chi connectivity index (χ4v) is 3.32. The van der Waals surface area contributed by atoms with Gasteiger partial charge in [0.25, 0.3) is 5.91 Å². The number of carbonyl (C=O) groups excluding carboxylic acids is 1. The van der Waals surface area contributed by atoms with Crippen LogP contribution in [0, 0.1) is 13.8 Å². The molecule has 0 unspecified atom stereocenters. The molecule has 0 bridgehead atoms. The Morgan fingerprint density at radius 2 is 1.90 bits per heavy atom. The van der Waals surface area contributed by atoms with E-state index in [1.54, 1.807) is 12.3 Å². The minimum atomic E-state index is -0.161. The molecule has 2 aromatic heterocycles. The number of nitrogens with one attached hydrogen (secondary N) is 3. The normalized spacial score (nSPS) is 10.8. The zero-order valence-corrected chi connectivity index (χ0v) is 16.6. The number of aryl methyl sites for hydroxylation is 2. The van der Waals surface area contributed by atoms with Crippen molar-refractivity contribution in [3.8, 4) is 0 Å². The minimum Gasteiger partial charge on any atom is -0.370 e. The zero-order valence-electron chi connectivity index (χ0n) is 16.6. The predicted octanol–water partition coefficient (Wildman–Crippen LogP) is 5.09. The van der Waals surface area contributed by atoms with Gasteiger partial charge in [0.15, 0.2) is 0 Å². The number of carbonyl (C=O) groups is 1. The van der Waals surface area contributed by atoms with Crippen LogP contribution in [0.25, 0.3) is 10.9 Å². The van der Waals surface area contributed by atoms with Gasteiger partial charge in [-0.05, 0) is 67.3 Å². The zero-order chi connectivity index (χ0) is 20.2. The molecule has 0 aliphatic heterocycles. The van der Waals surface area contributed by atoms with Gasteiger partial charge >= 0.3 is 0 Å². The number of aromatic amines is 1. The van der Waals surface area contributed by atoms with E-state index in [-0.39, 0.29) is 5.91 Å². The molecular weight excluding hydrogens is 360 g/mol. The van der Waals surface area contributed by atoms with E-state index in [9.17, 15) is 4.79 Å². The number of hydrogen-bond acceptors (Lipinski definition) is 3. The number of rotatable bonds is 6. The average Bonchev–Trinajstić information content (AvgIpc) is 3.14. The Hall–Kier alpha value is -3.60. The molecule has 29 heavy (non-hydrogen) atoms. The molecule has 5 heteroatoms. The highest BCUT2D eigenvalue weighted by Gasteiger charge is 2.08. The first kappa shape index (κ1) is 18.7. The maximum atomic E-state index is 12.4. The van der Waals surface area contributed by atoms with Crippen molar-refractivity contribution in [3.63, 3.8) is 0 Å². The standard InChI is InChI=1S/C24H24N4O/c1-16-7-9-20(13-17(16)2)28-24(29)19-8-10-23(27-15-19)25-12-11-18-14-26-22-6-4-3-5-21(18)22/h3-10,13-15,26H,11-12H2,1-2H3,(H,25,27)(H,28,29). The molecule has 2 heterocycles. The monoisotopic (exact) mass is 384 g/mol. The lowest BCUT2D eigenvalue weighted by Crippen LogP contribution is -2.13. The quantitative estimate of drug-likeness (QED) is 0.434. The van der Waals surface area contributed by atoms with Crippen molar-refractivity contribution in [1.29, 1.82) is 0 Å². The fourth-order valence-electron chi connectivity index (χ4n) is 3.32. The molecule has 0 fully saturated rings. The van der Waals surface area contributed by atoms with Crippen LogP contribution in [0.15, 0.2) is 67.0 Å². The van der Waals surface area contributed by atoms with Crippen LogP contribution >= 0.6 is 0 Å². The molecule has 0 atom stereocenters. The van der Waals surface area contributed by atoms with Gasteiger partial charge in [-0.15, -0.1) is 0 Å². The lowest BCUT2D eigenvalue weighted by Gasteiger charge is -2.09. The van der Waals surface area contributed by atoms with Crippen LogP contribution in [-0.2, 0) is 6.42 Å². The second kappa shape index (κ2) is 8.19. The highest BCUT2D eigenvalue weighted by molar-refractivity contribution is 6.04. The van der Waals surface area contributed by atoms with Crippen LogP contribution in [0.1, 0.15) is 27.0 Å². The molecule has 1 amide bonds. The Bertz CT molecular complexity index is 1150. The number of nitrogens with zero attached hydrogens (tertiary/aromatic N) is 1. The number of anilines is 2. The molecule has 0 aliphatic rings. The van der Waals surface area contributed by atoms with Gasteiger partial charge < -0.3 is 15.6 Å². The van der Waals surface area contributed by atoms with E-state index in [1.165, 1.54) is 16.5 Å². The maximum Gasteiger partial charge on any atom is 0.257 e. The summed E-state index contributed by atoms with van der Waals surface area (Å²) in [5, 5.41) is 7.49. The number of para-hydroxylation sites is 1. The van der Waals surface area contributed by atoms with Crippen LogP contribution < -0.4 is 10.6 Å². The molecule has 0 saturated heterocycles. The maximum absolute atomic E-state index is 12.4. The third-order valence-corrected chi connectivity index (χ3v) is 5.17. The van der Waals surface area contributed by atoms with Gasteiger partial charge in [-0.2, -0.15) is 0 Å². The van der Waals surface area contributed by atoms with Crippen LogP contribution in [-0.4, -0.2) is 22.4 Å². The lowest BCUT2D eigenvalue weighted by atomic mass is 10.1. The predicted molar refractivity (Wildman–Crippen MR) is 119 cm³/mol. The molecule has 3 N–H and O–H groups in total. The second-order valence-electron chi connectivity index (χ2n) is 7.22. The summed E-state index contributed by atoms with van der Waals surface area (Å²) in [6.07, 6.45) is 4.55. The van der Waals surface area contributed by atoms with Gasteiger partial charge in [-0.25, -0.2) is 4.98 Å². The van der Waals surface area contributed by atoms with Crippen LogP contribution in [0.5, 0.6) is 0 Å². The Labute approximate surface area is 170 Å². The molecule has 4 aromatic rings. The molecule has 146 valence electrons. The third kappa shape index (κ3) is 4.29. The Kier molecular flexibility index (Phi) is 5.29. The van der Waals surface area contributed by atoms with Gasteiger partial charge in [0.05, 0.1) is 5.56 Å². The van der Waals surface area contributed by atoms with E-state index < -0.39 is 0 Å². The summed E-state index contributed by atoms with van der Waals surface area (Å²) >= 11 is 0. The van der Waals surface area contributed by atoms with Gasteiger partial charge in [-0.3, -0.25) is 4.79 Å². The van der Waals surface area contributed by atoms with E-state index >= 15 is 0 Å². The topological polar surface area (TPSA) is 69.8 Å². The van der Waals surface area contributed by atoms with E-state index in [1.807, 2.05) is 37.3 Å². The van der Waals surface area contributed by atoms with E-state index in [4.69, 9.17) is 0 Å². The Morgan fingerprint density at radius 1 is 1.03 bits per heavy atom. The summed E-state index contributed by atoms with van der Waals surface area (Å²) in [5.74, 6) is 0.596. The van der Waals surface area contributed by atoms with Gasteiger partial charge in [0.1, 0.15) is 5.82 Å². The summed E-state index contributed by atoms with van der Waals surface area (Å²) < 4.78 is 0. The molecule has 0 radical (unpaired) electrons. The number of pyridine rings is 1. The fraction of sp³-hybridized carbons (Fsp3) is 0.167. The number of benzene rings is 2. The van der Waals surface area contributed by atoms with Crippen molar-refractivity contribution in [3.05, 3.63) is 89.2 Å². The second-order valence-corrected chi connectivity index (χ2v) is 7.22. The van der Waals surface area contributed by atoms with Crippen LogP contribution in [0.3, 0.4) is 0 Å². The molecule has 0 aliphatic carbocycles. The van der Waals surface area contributed by atoms with Gasteiger partial charge in [0.2, 0.25) is 0 Å². The summed E-state index contributed by atoms with van der Waals surface area (Å²) in [6, 6.07) is 17.8. The van der Waals surface area contributed by atoms with Crippen LogP contribution in [0.2, 0.25) is 0 Å². The molecule has 0 spiro atoms. The first-order chi connectivity index (χ1) is 14.1. The summed E-state index contributed by atoms with van der Waals surface area (Å²) in [6.45, 7) is 4.85. The van der Waals surface area contributed by atoms with E-state index in [0.29, 0.717) is 5.56 Å². The first-order valence-corrected chi connectivity index (χ1v) is 9.74. The SMILES string of the molecule is Cc1ccc(NC(=O)c2ccc(NCCc3c[nH]c4ccccc34)nc2)cc1C. The summed E-state index contributed by atoms with van der Waals surface area (Å²) in [7, 11) is 0. The van der Waals surface area contributed by atoms with Crippen molar-refractivity contribution in [2.75, 3.05) is 17.2 Å². The van der Waals surface area contributed by atoms with Crippen molar-refractivity contribution >= 4 is 28.3 Å². The largest absolute Gasteiger partial charge is 0.370 e. The Balaban J connectivity index is 1.33. The smallest absolute Gasteiger partial charge is 0.257 e.